The lowest BCUT2D eigenvalue weighted by atomic mass is 9.99. The molecule has 0 spiro atoms. The number of carbonyl (C=O) groups is 2. The minimum atomic E-state index is -0.399. The largest absolute Gasteiger partial charge is 0.376 e. The number of nitrogens with zero attached hydrogens (tertiary/aromatic N) is 1. The molecular weight excluding hydrogens is 359 g/mol. The van der Waals surface area contributed by atoms with Crippen molar-refractivity contribution in [3.63, 3.8) is 0 Å². The van der Waals surface area contributed by atoms with Crippen molar-refractivity contribution in [3.8, 4) is 0 Å². The predicted molar refractivity (Wildman–Crippen MR) is 103 cm³/mol. The van der Waals surface area contributed by atoms with Gasteiger partial charge in [0.05, 0.1) is 12.1 Å². The summed E-state index contributed by atoms with van der Waals surface area (Å²) in [5, 5.41) is 2.97. The van der Waals surface area contributed by atoms with E-state index in [0.717, 1.165) is 24.0 Å². The highest BCUT2D eigenvalue weighted by Crippen LogP contribution is 2.31. The lowest BCUT2D eigenvalue weighted by Gasteiger charge is -2.26. The van der Waals surface area contributed by atoms with Crippen molar-refractivity contribution in [2.75, 3.05) is 13.2 Å². The standard InChI is InChI=1S/C22H21FN2O3/c1-14-17-5-2-3-6-18(17)22(27)25(14)13-20(26)24-21(19-7-4-12-28-19)15-8-10-16(23)11-9-15/h2-3,5-6,8-11,19,21H,1,4,7,12-13H2,(H,24,26)/t19-,21-/m1/s1. The summed E-state index contributed by atoms with van der Waals surface area (Å²) in [6.07, 6.45) is 1.54. The average molecular weight is 380 g/mol. The molecule has 2 aromatic carbocycles. The Morgan fingerprint density at radius 3 is 2.57 bits per heavy atom. The first-order valence-corrected chi connectivity index (χ1v) is 9.31. The van der Waals surface area contributed by atoms with Crippen LogP contribution in [0.2, 0.25) is 0 Å². The van der Waals surface area contributed by atoms with E-state index in [1.54, 1.807) is 24.3 Å². The maximum absolute atomic E-state index is 13.3. The highest BCUT2D eigenvalue weighted by Gasteiger charge is 2.34. The van der Waals surface area contributed by atoms with E-state index in [9.17, 15) is 14.0 Å². The topological polar surface area (TPSA) is 58.6 Å². The van der Waals surface area contributed by atoms with Crippen LogP contribution >= 0.6 is 0 Å². The van der Waals surface area contributed by atoms with E-state index in [1.165, 1.54) is 17.0 Å². The molecule has 2 aliphatic rings. The van der Waals surface area contributed by atoms with Gasteiger partial charge in [0.15, 0.2) is 0 Å². The van der Waals surface area contributed by atoms with Gasteiger partial charge in [0, 0.05) is 23.4 Å². The van der Waals surface area contributed by atoms with Gasteiger partial charge in [0.25, 0.3) is 5.91 Å². The third-order valence-electron chi connectivity index (χ3n) is 5.22. The van der Waals surface area contributed by atoms with E-state index >= 15 is 0 Å². The molecule has 2 atom stereocenters. The van der Waals surface area contributed by atoms with Gasteiger partial charge in [-0.05, 0) is 36.6 Å². The van der Waals surface area contributed by atoms with E-state index in [0.29, 0.717) is 17.9 Å². The Morgan fingerprint density at radius 1 is 1.21 bits per heavy atom. The van der Waals surface area contributed by atoms with Crippen LogP contribution in [0.5, 0.6) is 0 Å². The van der Waals surface area contributed by atoms with Crippen LogP contribution in [0.1, 0.15) is 40.4 Å². The third kappa shape index (κ3) is 3.43. The number of nitrogens with one attached hydrogen (secondary N) is 1. The van der Waals surface area contributed by atoms with E-state index in [1.807, 2.05) is 12.1 Å². The number of carbonyl (C=O) groups excluding carboxylic acids is 2. The van der Waals surface area contributed by atoms with Crippen molar-refractivity contribution in [2.24, 2.45) is 0 Å². The summed E-state index contributed by atoms with van der Waals surface area (Å²) in [6.45, 7) is 4.47. The Morgan fingerprint density at radius 2 is 1.93 bits per heavy atom. The summed E-state index contributed by atoms with van der Waals surface area (Å²) < 4.78 is 19.1. The van der Waals surface area contributed by atoms with E-state index in [2.05, 4.69) is 11.9 Å². The Kier molecular flexibility index (Phi) is 4.96. The van der Waals surface area contributed by atoms with Gasteiger partial charge in [-0.2, -0.15) is 0 Å². The van der Waals surface area contributed by atoms with Gasteiger partial charge in [-0.25, -0.2) is 4.39 Å². The summed E-state index contributed by atoms with van der Waals surface area (Å²) in [5.74, 6) is -0.878. The first kappa shape index (κ1) is 18.4. The summed E-state index contributed by atoms with van der Waals surface area (Å²) >= 11 is 0. The maximum Gasteiger partial charge on any atom is 0.259 e. The van der Waals surface area contributed by atoms with Gasteiger partial charge < -0.3 is 10.1 Å². The monoisotopic (exact) mass is 380 g/mol. The Hall–Kier alpha value is -2.99. The van der Waals surface area contributed by atoms with Crippen molar-refractivity contribution < 1.29 is 18.7 Å². The molecule has 0 bridgehead atoms. The van der Waals surface area contributed by atoms with Crippen LogP contribution in [0.4, 0.5) is 4.39 Å². The van der Waals surface area contributed by atoms with Gasteiger partial charge >= 0.3 is 0 Å². The van der Waals surface area contributed by atoms with Gasteiger partial charge in [-0.3, -0.25) is 14.5 Å². The Labute approximate surface area is 162 Å². The van der Waals surface area contributed by atoms with Crippen LogP contribution in [0, 0.1) is 5.82 Å². The molecular formula is C22H21FN2O3. The smallest absolute Gasteiger partial charge is 0.259 e. The molecule has 144 valence electrons. The van der Waals surface area contributed by atoms with Gasteiger partial charge in [0.2, 0.25) is 5.91 Å². The molecule has 6 heteroatoms. The third-order valence-corrected chi connectivity index (χ3v) is 5.22. The Balaban J connectivity index is 1.50. The van der Waals surface area contributed by atoms with Crippen LogP contribution in [0.15, 0.2) is 55.1 Å². The number of halogens is 1. The zero-order valence-electron chi connectivity index (χ0n) is 15.4. The minimum absolute atomic E-state index is 0.128. The van der Waals surface area contributed by atoms with Crippen LogP contribution in [0.3, 0.4) is 0 Å². The first-order valence-electron chi connectivity index (χ1n) is 9.31. The predicted octanol–water partition coefficient (Wildman–Crippen LogP) is 3.29. The SMILES string of the molecule is C=C1c2ccccc2C(=O)N1CC(=O)N[C@H](c1ccc(F)cc1)[C@H]1CCCO1. The number of benzene rings is 2. The number of fused-ring (bicyclic) bond motifs is 1. The van der Waals surface area contributed by atoms with E-state index < -0.39 is 6.04 Å². The van der Waals surface area contributed by atoms with Crippen molar-refractivity contribution in [1.82, 2.24) is 10.2 Å². The van der Waals surface area contributed by atoms with Gasteiger partial charge in [-0.1, -0.05) is 36.9 Å². The molecule has 2 amide bonds. The van der Waals surface area contributed by atoms with Crippen LogP contribution in [0.25, 0.3) is 5.70 Å². The molecule has 0 aromatic heterocycles. The van der Waals surface area contributed by atoms with Crippen molar-refractivity contribution in [1.29, 1.82) is 0 Å². The van der Waals surface area contributed by atoms with Crippen molar-refractivity contribution in [3.05, 3.63) is 77.6 Å². The lowest BCUT2D eigenvalue weighted by molar-refractivity contribution is -0.123. The molecule has 0 saturated carbocycles. The summed E-state index contributed by atoms with van der Waals surface area (Å²) in [7, 11) is 0. The van der Waals surface area contributed by atoms with Gasteiger partial charge in [0.1, 0.15) is 12.4 Å². The second kappa shape index (κ2) is 7.56. The number of ether oxygens (including phenoxy) is 1. The summed E-state index contributed by atoms with van der Waals surface area (Å²) in [5.41, 5.74) is 2.59. The molecule has 2 aromatic rings. The van der Waals surface area contributed by atoms with Crippen LogP contribution in [-0.2, 0) is 9.53 Å². The number of hydrogen-bond donors (Lipinski definition) is 1. The van der Waals surface area contributed by atoms with Crippen LogP contribution in [-0.4, -0.2) is 36.0 Å². The molecule has 2 heterocycles. The molecule has 5 nitrogen and oxygen atoms in total. The summed E-state index contributed by atoms with van der Waals surface area (Å²) in [4.78, 5) is 26.8. The second-order valence-corrected chi connectivity index (χ2v) is 7.03. The maximum atomic E-state index is 13.3. The lowest BCUT2D eigenvalue weighted by Crippen LogP contribution is -2.42. The zero-order chi connectivity index (χ0) is 19.7. The van der Waals surface area contributed by atoms with E-state index in [-0.39, 0.29) is 30.3 Å². The molecule has 1 fully saturated rings. The summed E-state index contributed by atoms with van der Waals surface area (Å²) in [6, 6.07) is 12.8. The minimum Gasteiger partial charge on any atom is -0.376 e. The van der Waals surface area contributed by atoms with Crippen molar-refractivity contribution >= 4 is 17.5 Å². The van der Waals surface area contributed by atoms with Crippen molar-refractivity contribution in [2.45, 2.75) is 25.0 Å². The highest BCUT2D eigenvalue weighted by molar-refractivity contribution is 6.10. The molecule has 0 aliphatic carbocycles. The normalized spacial score (nSPS) is 19.6. The fourth-order valence-electron chi connectivity index (χ4n) is 3.79. The Bertz CT molecular complexity index is 885. The second-order valence-electron chi connectivity index (χ2n) is 7.03. The first-order chi connectivity index (χ1) is 13.5. The molecule has 4 rings (SSSR count). The fourth-order valence-corrected chi connectivity index (χ4v) is 3.79. The fraction of sp³-hybridized carbons (Fsp3) is 0.273. The molecule has 28 heavy (non-hydrogen) atoms. The van der Waals surface area contributed by atoms with E-state index in [4.69, 9.17) is 4.74 Å². The molecule has 0 radical (unpaired) electrons. The molecule has 1 saturated heterocycles. The average Bonchev–Trinajstić information content (AvgIpc) is 3.31. The highest BCUT2D eigenvalue weighted by atomic mass is 19.1. The molecule has 2 aliphatic heterocycles. The zero-order valence-corrected chi connectivity index (χ0v) is 15.4. The molecule has 0 unspecified atom stereocenters. The number of rotatable bonds is 5. The number of hydrogen-bond acceptors (Lipinski definition) is 3. The quantitative estimate of drug-likeness (QED) is 0.866. The van der Waals surface area contributed by atoms with Gasteiger partial charge in [-0.15, -0.1) is 0 Å². The number of amides is 2. The molecule has 1 N–H and O–H groups in total. The van der Waals surface area contributed by atoms with Crippen LogP contribution < -0.4 is 5.32 Å².